The number of likely N-dealkylation sites (N-methyl/N-ethyl adjacent to an activating group) is 1. The van der Waals surface area contributed by atoms with Gasteiger partial charge in [-0.05, 0) is 54.5 Å². The number of aromatic nitrogens is 3. The summed E-state index contributed by atoms with van der Waals surface area (Å²) in [4.78, 5) is 7.05. The summed E-state index contributed by atoms with van der Waals surface area (Å²) in [7, 11) is 2.20. The fourth-order valence-electron chi connectivity index (χ4n) is 2.62. The van der Waals surface area contributed by atoms with E-state index in [9.17, 15) is 0 Å². The highest BCUT2D eigenvalue weighted by Crippen LogP contribution is 2.20. The third kappa shape index (κ3) is 2.29. The fraction of sp³-hybridized carbons (Fsp3) is 0.538. The second-order valence-electron chi connectivity index (χ2n) is 4.99. The van der Waals surface area contributed by atoms with Crippen LogP contribution in [0.1, 0.15) is 25.1 Å². The van der Waals surface area contributed by atoms with E-state index >= 15 is 0 Å². The highest BCUT2D eigenvalue weighted by molar-refractivity contribution is 9.10. The minimum atomic E-state index is 0.593. The van der Waals surface area contributed by atoms with Gasteiger partial charge in [0.2, 0.25) is 0 Å². The van der Waals surface area contributed by atoms with E-state index in [0.29, 0.717) is 6.04 Å². The maximum absolute atomic E-state index is 4.62. The number of nitrogens with zero attached hydrogens (tertiary/aromatic N) is 4. The van der Waals surface area contributed by atoms with Crippen LogP contribution < -0.4 is 0 Å². The average molecular weight is 309 g/mol. The zero-order valence-electron chi connectivity index (χ0n) is 10.5. The molecule has 1 aliphatic rings. The van der Waals surface area contributed by atoms with Gasteiger partial charge in [-0.25, -0.2) is 9.50 Å². The Labute approximate surface area is 115 Å². The second-order valence-corrected chi connectivity index (χ2v) is 5.84. The molecule has 5 heteroatoms. The van der Waals surface area contributed by atoms with Crippen molar-refractivity contribution in [3.63, 3.8) is 0 Å². The predicted molar refractivity (Wildman–Crippen MR) is 74.7 cm³/mol. The molecule has 96 valence electrons. The summed E-state index contributed by atoms with van der Waals surface area (Å²) in [6.07, 6.45) is 6.79. The van der Waals surface area contributed by atoms with E-state index in [-0.39, 0.29) is 0 Å². The number of hydrogen-bond donors (Lipinski definition) is 0. The van der Waals surface area contributed by atoms with Gasteiger partial charge in [0.05, 0.1) is 4.47 Å². The largest absolute Gasteiger partial charge is 0.303 e. The van der Waals surface area contributed by atoms with Crippen molar-refractivity contribution < 1.29 is 0 Å². The minimum Gasteiger partial charge on any atom is -0.303 e. The Morgan fingerprint density at radius 2 is 2.33 bits per heavy atom. The number of rotatable bonds is 2. The number of halogens is 1. The maximum atomic E-state index is 4.62. The van der Waals surface area contributed by atoms with Gasteiger partial charge in [0.1, 0.15) is 0 Å². The predicted octanol–water partition coefficient (Wildman–Crippen LogP) is 2.52. The summed E-state index contributed by atoms with van der Waals surface area (Å²) in [5.41, 5.74) is 0.908. The van der Waals surface area contributed by atoms with Crippen LogP contribution in [0.15, 0.2) is 22.8 Å². The fourth-order valence-corrected chi connectivity index (χ4v) is 3.04. The van der Waals surface area contributed by atoms with Crippen molar-refractivity contribution in [1.29, 1.82) is 0 Å². The normalized spacial score (nSPS) is 21.6. The van der Waals surface area contributed by atoms with Crippen LogP contribution in [0.4, 0.5) is 0 Å². The number of fused-ring (bicyclic) bond motifs is 1. The molecule has 18 heavy (non-hydrogen) atoms. The van der Waals surface area contributed by atoms with Crippen LogP contribution in [-0.4, -0.2) is 39.1 Å². The molecule has 1 fully saturated rings. The molecule has 0 spiro atoms. The van der Waals surface area contributed by atoms with Crippen LogP contribution in [0.3, 0.4) is 0 Å². The summed E-state index contributed by atoms with van der Waals surface area (Å²) < 4.78 is 2.85. The molecule has 3 heterocycles. The topological polar surface area (TPSA) is 33.4 Å². The molecule has 2 aromatic heterocycles. The Hall–Kier alpha value is -0.940. The third-order valence-corrected chi connectivity index (χ3v) is 4.32. The molecule has 0 aromatic carbocycles. The zero-order chi connectivity index (χ0) is 12.5. The molecule has 1 aliphatic heterocycles. The first-order chi connectivity index (χ1) is 8.74. The van der Waals surface area contributed by atoms with Gasteiger partial charge in [-0.2, -0.15) is 5.10 Å². The van der Waals surface area contributed by atoms with Gasteiger partial charge >= 0.3 is 0 Å². The van der Waals surface area contributed by atoms with Crippen LogP contribution in [0.25, 0.3) is 5.65 Å². The molecule has 0 bridgehead atoms. The van der Waals surface area contributed by atoms with Crippen molar-refractivity contribution in [2.45, 2.75) is 31.7 Å². The maximum Gasteiger partial charge on any atom is 0.169 e. The summed E-state index contributed by atoms with van der Waals surface area (Å²) >= 11 is 3.51. The van der Waals surface area contributed by atoms with Crippen molar-refractivity contribution in [3.8, 4) is 0 Å². The Kier molecular flexibility index (Phi) is 3.35. The van der Waals surface area contributed by atoms with E-state index in [4.69, 9.17) is 0 Å². The molecule has 0 aliphatic carbocycles. The monoisotopic (exact) mass is 308 g/mol. The first-order valence-corrected chi connectivity index (χ1v) is 7.23. The summed E-state index contributed by atoms with van der Waals surface area (Å²) in [6, 6.07) is 4.57. The molecular formula is C13H17BrN4. The summed E-state index contributed by atoms with van der Waals surface area (Å²) in [6.45, 7) is 1.20. The van der Waals surface area contributed by atoms with Gasteiger partial charge in [0.25, 0.3) is 0 Å². The van der Waals surface area contributed by atoms with Gasteiger partial charge in [0, 0.05) is 18.7 Å². The van der Waals surface area contributed by atoms with Crippen molar-refractivity contribution in [1.82, 2.24) is 19.5 Å². The molecule has 1 unspecified atom stereocenters. The van der Waals surface area contributed by atoms with Crippen molar-refractivity contribution in [2.24, 2.45) is 0 Å². The molecule has 1 atom stereocenters. The molecule has 3 rings (SSSR count). The highest BCUT2D eigenvalue weighted by Gasteiger charge is 2.21. The van der Waals surface area contributed by atoms with E-state index in [0.717, 1.165) is 22.4 Å². The number of piperidine rings is 1. The lowest BCUT2D eigenvalue weighted by Gasteiger charge is -2.31. The SMILES string of the molecule is CN1CCCCC1Cc1nc2c(Br)cccn2n1. The first kappa shape index (κ1) is 12.1. The lowest BCUT2D eigenvalue weighted by molar-refractivity contribution is 0.182. The van der Waals surface area contributed by atoms with Crippen LogP contribution in [0.5, 0.6) is 0 Å². The van der Waals surface area contributed by atoms with Crippen molar-refractivity contribution >= 4 is 21.6 Å². The lowest BCUT2D eigenvalue weighted by Crippen LogP contribution is -2.37. The van der Waals surface area contributed by atoms with Gasteiger partial charge in [0.15, 0.2) is 11.5 Å². The minimum absolute atomic E-state index is 0.593. The smallest absolute Gasteiger partial charge is 0.169 e. The Morgan fingerprint density at radius 1 is 1.44 bits per heavy atom. The number of hydrogen-bond acceptors (Lipinski definition) is 3. The van der Waals surface area contributed by atoms with E-state index < -0.39 is 0 Å². The third-order valence-electron chi connectivity index (χ3n) is 3.70. The number of likely N-dealkylation sites (tertiary alicyclic amines) is 1. The molecule has 4 nitrogen and oxygen atoms in total. The van der Waals surface area contributed by atoms with Crippen LogP contribution >= 0.6 is 15.9 Å². The van der Waals surface area contributed by atoms with Gasteiger partial charge in [-0.1, -0.05) is 6.42 Å². The van der Waals surface area contributed by atoms with E-state index in [2.05, 4.69) is 38.0 Å². The Morgan fingerprint density at radius 3 is 3.11 bits per heavy atom. The first-order valence-electron chi connectivity index (χ1n) is 6.44. The van der Waals surface area contributed by atoms with Gasteiger partial charge in [-0.3, -0.25) is 0 Å². The molecule has 0 saturated carbocycles. The second kappa shape index (κ2) is 4.97. The molecule has 0 N–H and O–H groups in total. The van der Waals surface area contributed by atoms with Crippen molar-refractivity contribution in [3.05, 3.63) is 28.6 Å². The lowest BCUT2D eigenvalue weighted by atomic mass is 10.00. The Balaban J connectivity index is 1.84. The van der Waals surface area contributed by atoms with E-state index in [1.807, 2.05) is 22.8 Å². The number of pyridine rings is 1. The molecule has 0 radical (unpaired) electrons. The average Bonchev–Trinajstić information content (AvgIpc) is 2.76. The van der Waals surface area contributed by atoms with E-state index in [1.165, 1.54) is 25.8 Å². The van der Waals surface area contributed by atoms with Crippen LogP contribution in [0.2, 0.25) is 0 Å². The summed E-state index contributed by atoms with van der Waals surface area (Å²) in [5.74, 6) is 0.945. The molecular weight excluding hydrogens is 292 g/mol. The zero-order valence-corrected chi connectivity index (χ0v) is 12.1. The van der Waals surface area contributed by atoms with E-state index in [1.54, 1.807) is 0 Å². The molecule has 1 saturated heterocycles. The quantitative estimate of drug-likeness (QED) is 0.855. The van der Waals surface area contributed by atoms with Crippen LogP contribution in [0, 0.1) is 0 Å². The summed E-state index contributed by atoms with van der Waals surface area (Å²) in [5, 5.41) is 4.55. The van der Waals surface area contributed by atoms with Crippen LogP contribution in [-0.2, 0) is 6.42 Å². The highest BCUT2D eigenvalue weighted by atomic mass is 79.9. The molecule has 2 aromatic rings. The standard InChI is InChI=1S/C13H17BrN4/c1-17-7-3-2-5-10(17)9-12-15-13-11(14)6-4-8-18(13)16-12/h4,6,8,10H,2-3,5,7,9H2,1H3. The molecule has 0 amide bonds. The van der Waals surface area contributed by atoms with Gasteiger partial charge in [-0.15, -0.1) is 0 Å². The Bertz CT molecular complexity index is 551. The van der Waals surface area contributed by atoms with Gasteiger partial charge < -0.3 is 4.90 Å². The van der Waals surface area contributed by atoms with Crippen molar-refractivity contribution in [2.75, 3.05) is 13.6 Å².